The molecule has 7 nitrogen and oxygen atoms in total. The number of anilines is 1. The Hall–Kier alpha value is -3.36. The van der Waals surface area contributed by atoms with Crippen LogP contribution < -0.4 is 9.62 Å². The quantitative estimate of drug-likeness (QED) is 0.410. The molecule has 1 atom stereocenters. The molecular formula is C27H30ClN3O4S. The van der Waals surface area contributed by atoms with Gasteiger partial charge in [0.25, 0.3) is 0 Å². The Morgan fingerprint density at radius 3 is 2.08 bits per heavy atom. The van der Waals surface area contributed by atoms with E-state index in [1.54, 1.807) is 61.5 Å². The number of hydrogen-bond acceptors (Lipinski definition) is 4. The summed E-state index contributed by atoms with van der Waals surface area (Å²) in [5.41, 5.74) is 1.89. The molecular weight excluding hydrogens is 498 g/mol. The topological polar surface area (TPSA) is 86.8 Å². The van der Waals surface area contributed by atoms with Gasteiger partial charge in [-0.1, -0.05) is 78.3 Å². The largest absolute Gasteiger partial charge is 0.355 e. The average Bonchev–Trinajstić information content (AvgIpc) is 2.86. The predicted octanol–water partition coefficient (Wildman–Crippen LogP) is 3.88. The lowest BCUT2D eigenvalue weighted by atomic mass is 10.0. The first-order valence-corrected chi connectivity index (χ1v) is 13.8. The van der Waals surface area contributed by atoms with Gasteiger partial charge in [-0.15, -0.1) is 0 Å². The maximum atomic E-state index is 13.8. The van der Waals surface area contributed by atoms with E-state index in [4.69, 9.17) is 11.6 Å². The number of likely N-dealkylation sites (N-methyl/N-ethyl adjacent to an activating group) is 1. The fraction of sp³-hybridized carbons (Fsp3) is 0.259. The standard InChI is InChI=1S/C27H30ClN3O4S/c1-3-29-27(33)25(18-21-12-6-4-7-13-21)30(19-22-14-10-11-17-24(22)28)26(32)20-31(36(2,34)35)23-15-8-5-9-16-23/h4-17,25H,3,18-20H2,1-2H3,(H,29,33). The van der Waals surface area contributed by atoms with Gasteiger partial charge in [-0.2, -0.15) is 0 Å². The number of nitrogens with one attached hydrogen (secondary N) is 1. The minimum Gasteiger partial charge on any atom is -0.355 e. The van der Waals surface area contributed by atoms with Gasteiger partial charge in [-0.05, 0) is 36.2 Å². The molecule has 0 fully saturated rings. The van der Waals surface area contributed by atoms with E-state index >= 15 is 0 Å². The maximum Gasteiger partial charge on any atom is 0.244 e. The number of carbonyl (C=O) groups excluding carboxylic acids is 2. The Morgan fingerprint density at radius 2 is 1.50 bits per heavy atom. The predicted molar refractivity (Wildman–Crippen MR) is 143 cm³/mol. The molecule has 1 N–H and O–H groups in total. The highest BCUT2D eigenvalue weighted by molar-refractivity contribution is 7.92. The lowest BCUT2D eigenvalue weighted by molar-refractivity contribution is -0.140. The molecule has 0 bridgehead atoms. The van der Waals surface area contributed by atoms with E-state index in [0.29, 0.717) is 22.8 Å². The highest BCUT2D eigenvalue weighted by Gasteiger charge is 2.33. The Labute approximate surface area is 217 Å². The third-order valence-corrected chi connectivity index (χ3v) is 7.15. The van der Waals surface area contributed by atoms with Crippen LogP contribution in [0.1, 0.15) is 18.1 Å². The van der Waals surface area contributed by atoms with Crippen molar-refractivity contribution >= 4 is 39.1 Å². The number of carbonyl (C=O) groups is 2. The first-order valence-electron chi connectivity index (χ1n) is 11.6. The monoisotopic (exact) mass is 527 g/mol. The molecule has 2 amide bonds. The number of benzene rings is 3. The van der Waals surface area contributed by atoms with Crippen molar-refractivity contribution in [2.45, 2.75) is 25.9 Å². The minimum atomic E-state index is -3.78. The van der Waals surface area contributed by atoms with E-state index in [2.05, 4.69) is 5.32 Å². The fourth-order valence-corrected chi connectivity index (χ4v) is 4.91. The summed E-state index contributed by atoms with van der Waals surface area (Å²) < 4.78 is 26.4. The highest BCUT2D eigenvalue weighted by Crippen LogP contribution is 2.22. The van der Waals surface area contributed by atoms with Crippen molar-refractivity contribution in [3.8, 4) is 0 Å². The van der Waals surface area contributed by atoms with Crippen molar-refractivity contribution in [1.29, 1.82) is 0 Å². The van der Waals surface area contributed by atoms with E-state index < -0.39 is 28.5 Å². The molecule has 1 unspecified atom stereocenters. The van der Waals surface area contributed by atoms with E-state index in [9.17, 15) is 18.0 Å². The second-order valence-electron chi connectivity index (χ2n) is 8.32. The molecule has 0 aliphatic carbocycles. The van der Waals surface area contributed by atoms with Gasteiger partial charge in [0.15, 0.2) is 0 Å². The normalized spacial score (nSPS) is 12.0. The summed E-state index contributed by atoms with van der Waals surface area (Å²) in [6, 6.07) is 24.0. The van der Waals surface area contributed by atoms with Crippen molar-refractivity contribution in [1.82, 2.24) is 10.2 Å². The zero-order chi connectivity index (χ0) is 26.1. The summed E-state index contributed by atoms with van der Waals surface area (Å²) in [5.74, 6) is -0.844. The van der Waals surface area contributed by atoms with Crippen LogP contribution in [0, 0.1) is 0 Å². The summed E-state index contributed by atoms with van der Waals surface area (Å²) in [6.45, 7) is 1.77. The fourth-order valence-electron chi connectivity index (χ4n) is 3.86. The van der Waals surface area contributed by atoms with Crippen molar-refractivity contribution in [3.63, 3.8) is 0 Å². The second-order valence-corrected chi connectivity index (χ2v) is 10.6. The number of halogens is 1. The van der Waals surface area contributed by atoms with Gasteiger partial charge < -0.3 is 10.2 Å². The van der Waals surface area contributed by atoms with Gasteiger partial charge in [0.2, 0.25) is 21.8 Å². The molecule has 190 valence electrons. The van der Waals surface area contributed by atoms with Gasteiger partial charge in [-0.3, -0.25) is 13.9 Å². The minimum absolute atomic E-state index is 0.0412. The van der Waals surface area contributed by atoms with Crippen LogP contribution in [-0.4, -0.2) is 50.5 Å². The van der Waals surface area contributed by atoms with Gasteiger partial charge in [0, 0.05) is 24.5 Å². The lowest BCUT2D eigenvalue weighted by Crippen LogP contribution is -2.53. The van der Waals surface area contributed by atoms with E-state index in [-0.39, 0.29) is 18.9 Å². The Kier molecular flexibility index (Phi) is 9.50. The first-order chi connectivity index (χ1) is 17.2. The number of para-hydroxylation sites is 1. The van der Waals surface area contributed by atoms with Crippen molar-refractivity contribution in [3.05, 3.63) is 101 Å². The van der Waals surface area contributed by atoms with Crippen LogP contribution in [0.4, 0.5) is 5.69 Å². The van der Waals surface area contributed by atoms with Crippen LogP contribution >= 0.6 is 11.6 Å². The zero-order valence-electron chi connectivity index (χ0n) is 20.3. The first kappa shape index (κ1) is 27.2. The SMILES string of the molecule is CCNC(=O)C(Cc1ccccc1)N(Cc1ccccc1Cl)C(=O)CN(c1ccccc1)S(C)(=O)=O. The molecule has 0 aliphatic heterocycles. The van der Waals surface area contributed by atoms with Crippen molar-refractivity contribution < 1.29 is 18.0 Å². The van der Waals surface area contributed by atoms with Crippen LogP contribution in [-0.2, 0) is 32.6 Å². The smallest absolute Gasteiger partial charge is 0.244 e. The highest BCUT2D eigenvalue weighted by atomic mass is 35.5. The number of amides is 2. The van der Waals surface area contributed by atoms with Gasteiger partial charge in [0.05, 0.1) is 11.9 Å². The summed E-state index contributed by atoms with van der Waals surface area (Å²) in [6.07, 6.45) is 1.31. The van der Waals surface area contributed by atoms with Gasteiger partial charge in [0.1, 0.15) is 12.6 Å². The molecule has 36 heavy (non-hydrogen) atoms. The average molecular weight is 528 g/mol. The summed E-state index contributed by atoms with van der Waals surface area (Å²) in [7, 11) is -3.78. The molecule has 0 aliphatic rings. The zero-order valence-corrected chi connectivity index (χ0v) is 21.9. The number of rotatable bonds is 11. The van der Waals surface area contributed by atoms with Gasteiger partial charge >= 0.3 is 0 Å². The molecule has 0 heterocycles. The molecule has 9 heteroatoms. The van der Waals surface area contributed by atoms with Crippen LogP contribution in [0.15, 0.2) is 84.9 Å². The number of nitrogens with zero attached hydrogens (tertiary/aromatic N) is 2. The van der Waals surface area contributed by atoms with Crippen LogP contribution in [0.2, 0.25) is 5.02 Å². The molecule has 0 saturated heterocycles. The van der Waals surface area contributed by atoms with E-state index in [1.165, 1.54) is 4.90 Å². The molecule has 0 spiro atoms. The maximum absolute atomic E-state index is 13.8. The number of hydrogen-bond donors (Lipinski definition) is 1. The van der Waals surface area contributed by atoms with Crippen LogP contribution in [0.25, 0.3) is 0 Å². The van der Waals surface area contributed by atoms with Crippen LogP contribution in [0.3, 0.4) is 0 Å². The van der Waals surface area contributed by atoms with Crippen molar-refractivity contribution in [2.24, 2.45) is 0 Å². The lowest BCUT2D eigenvalue weighted by Gasteiger charge is -2.33. The molecule has 3 rings (SSSR count). The third kappa shape index (κ3) is 7.32. The Morgan fingerprint density at radius 1 is 0.917 bits per heavy atom. The summed E-state index contributed by atoms with van der Waals surface area (Å²) in [5, 5.41) is 3.27. The second kappa shape index (κ2) is 12.6. The molecule has 3 aromatic rings. The van der Waals surface area contributed by atoms with Crippen molar-refractivity contribution in [2.75, 3.05) is 23.7 Å². The third-order valence-electron chi connectivity index (χ3n) is 5.64. The molecule has 0 saturated carbocycles. The van der Waals surface area contributed by atoms with Crippen LogP contribution in [0.5, 0.6) is 0 Å². The molecule has 0 aromatic heterocycles. The molecule has 3 aromatic carbocycles. The van der Waals surface area contributed by atoms with E-state index in [1.807, 2.05) is 30.3 Å². The van der Waals surface area contributed by atoms with Gasteiger partial charge in [-0.25, -0.2) is 8.42 Å². The molecule has 0 radical (unpaired) electrons. The Balaban J connectivity index is 2.03. The Bertz CT molecular complexity index is 1270. The number of sulfonamides is 1. The summed E-state index contributed by atoms with van der Waals surface area (Å²) in [4.78, 5) is 28.5. The summed E-state index contributed by atoms with van der Waals surface area (Å²) >= 11 is 6.41. The van der Waals surface area contributed by atoms with E-state index in [0.717, 1.165) is 16.1 Å².